The van der Waals surface area contributed by atoms with E-state index < -0.39 is 12.6 Å². The van der Waals surface area contributed by atoms with Gasteiger partial charge in [0.15, 0.2) is 12.4 Å². The number of para-hydroxylation sites is 1. The van der Waals surface area contributed by atoms with E-state index >= 15 is 0 Å². The average Bonchev–Trinajstić information content (AvgIpc) is 3.39. The molecule has 2 heterocycles. The first-order valence-electron chi connectivity index (χ1n) is 9.33. The minimum Gasteiger partial charge on any atom is -0.481 e. The Morgan fingerprint density at radius 1 is 1.20 bits per heavy atom. The smallest absolute Gasteiger partial charge is 0.341 e. The summed E-state index contributed by atoms with van der Waals surface area (Å²) in [7, 11) is 0. The number of benzene rings is 2. The fourth-order valence-corrected chi connectivity index (χ4v) is 3.43. The standard InChI is InChI=1S/C20H20N6O3S/c27-18(28)12-29-17-9-5-4-8-14(17)11-21-26-19(24-25-20(26)30)16-10-15(22-23-16)13-6-2-1-3-7-13/h1-9,11,15-16,22-23H,10,12H2,(H,25,30)(H,27,28)/b21-11+. The summed E-state index contributed by atoms with van der Waals surface area (Å²) in [5.41, 5.74) is 8.36. The first kappa shape index (κ1) is 20.0. The summed E-state index contributed by atoms with van der Waals surface area (Å²) in [6.45, 7) is -0.431. The molecule has 1 aliphatic rings. The van der Waals surface area contributed by atoms with Gasteiger partial charge in [-0.25, -0.2) is 15.6 Å². The highest BCUT2D eigenvalue weighted by Crippen LogP contribution is 2.29. The Kier molecular flexibility index (Phi) is 5.98. The zero-order valence-corrected chi connectivity index (χ0v) is 16.7. The first-order valence-corrected chi connectivity index (χ1v) is 9.74. The maximum atomic E-state index is 10.8. The lowest BCUT2D eigenvalue weighted by atomic mass is 10.0. The molecule has 1 saturated heterocycles. The molecule has 2 atom stereocenters. The van der Waals surface area contributed by atoms with Crippen molar-refractivity contribution in [3.05, 3.63) is 76.3 Å². The van der Waals surface area contributed by atoms with Crippen molar-refractivity contribution < 1.29 is 14.6 Å². The van der Waals surface area contributed by atoms with Gasteiger partial charge in [0.05, 0.1) is 12.3 Å². The van der Waals surface area contributed by atoms with Gasteiger partial charge in [-0.15, -0.1) is 0 Å². The van der Waals surface area contributed by atoms with Gasteiger partial charge in [-0.05, 0) is 36.3 Å². The molecule has 4 rings (SSSR count). The normalized spacial score (nSPS) is 18.7. The van der Waals surface area contributed by atoms with Gasteiger partial charge in [-0.2, -0.15) is 14.9 Å². The zero-order chi connectivity index (χ0) is 20.9. The van der Waals surface area contributed by atoms with Crippen molar-refractivity contribution in [2.24, 2.45) is 5.10 Å². The fourth-order valence-electron chi connectivity index (χ4n) is 3.25. The van der Waals surface area contributed by atoms with E-state index in [2.05, 4.69) is 38.3 Å². The molecule has 0 aliphatic carbocycles. The second kappa shape index (κ2) is 8.99. The van der Waals surface area contributed by atoms with E-state index in [4.69, 9.17) is 22.1 Å². The summed E-state index contributed by atoms with van der Waals surface area (Å²) in [4.78, 5) is 10.8. The average molecular weight is 424 g/mol. The number of carboxylic acid groups (broad SMARTS) is 1. The number of hydrogen-bond donors (Lipinski definition) is 4. The zero-order valence-electron chi connectivity index (χ0n) is 15.9. The Labute approximate surface area is 177 Å². The van der Waals surface area contributed by atoms with Crippen LogP contribution in [0, 0.1) is 4.77 Å². The Hall–Kier alpha value is -3.34. The molecule has 2 aromatic carbocycles. The highest BCUT2D eigenvalue weighted by atomic mass is 32.1. The number of aromatic amines is 1. The van der Waals surface area contributed by atoms with E-state index in [1.54, 1.807) is 29.1 Å². The second-order valence-electron chi connectivity index (χ2n) is 6.70. The van der Waals surface area contributed by atoms with Crippen molar-refractivity contribution in [2.45, 2.75) is 18.5 Å². The van der Waals surface area contributed by atoms with Gasteiger partial charge in [0.1, 0.15) is 5.75 Å². The van der Waals surface area contributed by atoms with Crippen LogP contribution in [0.4, 0.5) is 0 Å². The van der Waals surface area contributed by atoms with E-state index in [9.17, 15) is 4.79 Å². The molecule has 3 aromatic rings. The number of rotatable bonds is 7. The molecule has 0 bridgehead atoms. The van der Waals surface area contributed by atoms with Gasteiger partial charge < -0.3 is 9.84 Å². The molecule has 30 heavy (non-hydrogen) atoms. The fraction of sp³-hybridized carbons (Fsp3) is 0.200. The number of hydrogen-bond acceptors (Lipinski definition) is 7. The maximum Gasteiger partial charge on any atom is 0.341 e. The number of aliphatic carboxylic acids is 1. The number of H-pyrrole nitrogens is 1. The van der Waals surface area contributed by atoms with E-state index in [1.807, 2.05) is 24.3 Å². The van der Waals surface area contributed by atoms with Crippen LogP contribution in [-0.4, -0.2) is 38.8 Å². The monoisotopic (exact) mass is 424 g/mol. The SMILES string of the molecule is O=C(O)COc1ccccc1/C=N/n1c(C2CC(c3ccccc3)NN2)n[nH]c1=S. The van der Waals surface area contributed by atoms with Crippen molar-refractivity contribution in [3.8, 4) is 5.75 Å². The van der Waals surface area contributed by atoms with Crippen LogP contribution in [0.15, 0.2) is 59.7 Å². The van der Waals surface area contributed by atoms with Crippen molar-refractivity contribution in [1.29, 1.82) is 0 Å². The molecule has 4 N–H and O–H groups in total. The Balaban J connectivity index is 1.54. The van der Waals surface area contributed by atoms with Crippen LogP contribution < -0.4 is 15.6 Å². The molecule has 0 saturated carbocycles. The van der Waals surface area contributed by atoms with E-state index in [0.717, 1.165) is 6.42 Å². The Bertz CT molecular complexity index is 1110. The van der Waals surface area contributed by atoms with Crippen LogP contribution in [-0.2, 0) is 4.79 Å². The lowest BCUT2D eigenvalue weighted by Crippen LogP contribution is -2.27. The summed E-state index contributed by atoms with van der Waals surface area (Å²) >= 11 is 5.34. The number of carbonyl (C=O) groups is 1. The van der Waals surface area contributed by atoms with Gasteiger partial charge >= 0.3 is 5.97 Å². The second-order valence-corrected chi connectivity index (χ2v) is 7.09. The van der Waals surface area contributed by atoms with Crippen LogP contribution >= 0.6 is 12.2 Å². The van der Waals surface area contributed by atoms with Crippen LogP contribution in [0.3, 0.4) is 0 Å². The number of aromatic nitrogens is 3. The van der Waals surface area contributed by atoms with Gasteiger partial charge in [0.25, 0.3) is 0 Å². The lowest BCUT2D eigenvalue weighted by molar-refractivity contribution is -0.139. The minimum atomic E-state index is -1.05. The van der Waals surface area contributed by atoms with E-state index in [0.29, 0.717) is 21.9 Å². The highest BCUT2D eigenvalue weighted by Gasteiger charge is 2.29. The third kappa shape index (κ3) is 4.46. The molecular formula is C20H20N6O3S. The number of hydrazine groups is 1. The van der Waals surface area contributed by atoms with Crippen molar-refractivity contribution in [3.63, 3.8) is 0 Å². The molecule has 1 fully saturated rings. The molecule has 0 spiro atoms. The van der Waals surface area contributed by atoms with Gasteiger partial charge in [0.2, 0.25) is 4.77 Å². The lowest BCUT2D eigenvalue weighted by Gasteiger charge is -2.09. The Morgan fingerprint density at radius 2 is 1.93 bits per heavy atom. The molecule has 10 heteroatoms. The van der Waals surface area contributed by atoms with Crippen molar-refractivity contribution in [1.82, 2.24) is 25.7 Å². The summed E-state index contributed by atoms with van der Waals surface area (Å²) in [6, 6.07) is 17.2. The predicted octanol–water partition coefficient (Wildman–Crippen LogP) is 2.57. The summed E-state index contributed by atoms with van der Waals surface area (Å²) in [5, 5.41) is 20.4. The van der Waals surface area contributed by atoms with Gasteiger partial charge in [0, 0.05) is 11.6 Å². The summed E-state index contributed by atoms with van der Waals surface area (Å²) < 4.78 is 7.23. The molecule has 1 aliphatic heterocycles. The topological polar surface area (TPSA) is 117 Å². The van der Waals surface area contributed by atoms with Crippen LogP contribution in [0.5, 0.6) is 5.75 Å². The largest absolute Gasteiger partial charge is 0.481 e. The van der Waals surface area contributed by atoms with Gasteiger partial charge in [-0.1, -0.05) is 42.5 Å². The maximum absolute atomic E-state index is 10.8. The molecule has 2 unspecified atom stereocenters. The summed E-state index contributed by atoms with van der Waals surface area (Å²) in [5.74, 6) is 0.0185. The highest BCUT2D eigenvalue weighted by molar-refractivity contribution is 7.71. The molecule has 0 amide bonds. The van der Waals surface area contributed by atoms with E-state index in [1.165, 1.54) is 5.56 Å². The molecular weight excluding hydrogens is 404 g/mol. The number of carboxylic acids is 1. The molecule has 1 aromatic heterocycles. The van der Waals surface area contributed by atoms with Crippen LogP contribution in [0.25, 0.3) is 0 Å². The number of ether oxygens (including phenoxy) is 1. The quantitative estimate of drug-likeness (QED) is 0.340. The summed E-state index contributed by atoms with van der Waals surface area (Å²) in [6.07, 6.45) is 2.35. The number of nitrogens with one attached hydrogen (secondary N) is 3. The predicted molar refractivity (Wildman–Crippen MR) is 113 cm³/mol. The van der Waals surface area contributed by atoms with Crippen molar-refractivity contribution >= 4 is 24.4 Å². The first-order chi connectivity index (χ1) is 14.6. The third-order valence-electron chi connectivity index (χ3n) is 4.67. The third-order valence-corrected chi connectivity index (χ3v) is 4.94. The molecule has 0 radical (unpaired) electrons. The van der Waals surface area contributed by atoms with Crippen LogP contribution in [0.2, 0.25) is 0 Å². The Morgan fingerprint density at radius 3 is 2.73 bits per heavy atom. The molecule has 154 valence electrons. The van der Waals surface area contributed by atoms with E-state index in [-0.39, 0.29) is 12.1 Å². The van der Waals surface area contributed by atoms with Gasteiger partial charge in [-0.3, -0.25) is 5.10 Å². The minimum absolute atomic E-state index is 0.0983. The van der Waals surface area contributed by atoms with Crippen molar-refractivity contribution in [2.75, 3.05) is 6.61 Å². The molecule has 9 nitrogen and oxygen atoms in total. The number of nitrogens with zero attached hydrogens (tertiary/aromatic N) is 3. The van der Waals surface area contributed by atoms with Crippen LogP contribution in [0.1, 0.15) is 35.5 Å².